The molecule has 0 unspecified atom stereocenters. The molecule has 4 N–H and O–H groups in total. The summed E-state index contributed by atoms with van der Waals surface area (Å²) in [5.41, 5.74) is 7.34. The number of nitrogens with one attached hydrogen (secondary N) is 2. The van der Waals surface area contributed by atoms with Crippen molar-refractivity contribution in [2.45, 2.75) is 19.3 Å². The number of aromatic nitrogens is 2. The molecule has 0 aliphatic heterocycles. The zero-order valence-corrected chi connectivity index (χ0v) is 16.6. The van der Waals surface area contributed by atoms with Gasteiger partial charge in [0.15, 0.2) is 5.76 Å². The van der Waals surface area contributed by atoms with Gasteiger partial charge in [-0.05, 0) is 49.2 Å². The van der Waals surface area contributed by atoms with E-state index in [-0.39, 0.29) is 47.7 Å². The number of nitrogens with zero attached hydrogens (tertiary/aromatic N) is 3. The number of amides is 2. The highest BCUT2D eigenvalue weighted by molar-refractivity contribution is 5.91. The van der Waals surface area contributed by atoms with E-state index >= 15 is 0 Å². The number of carbonyl (C=O) groups excluding carboxylic acids is 2. The lowest BCUT2D eigenvalue weighted by molar-refractivity contribution is -0.120. The van der Waals surface area contributed by atoms with Crippen LogP contribution in [0.4, 0.5) is 10.2 Å². The van der Waals surface area contributed by atoms with Crippen LogP contribution in [0.1, 0.15) is 34.7 Å². The minimum Gasteiger partial charge on any atom is -0.459 e. The van der Waals surface area contributed by atoms with E-state index in [0.717, 1.165) is 0 Å². The normalized spacial score (nSPS) is 10.5. The second-order valence-corrected chi connectivity index (χ2v) is 6.64. The first-order valence-corrected chi connectivity index (χ1v) is 9.61. The Morgan fingerprint density at radius 2 is 1.97 bits per heavy atom. The van der Waals surface area contributed by atoms with Crippen LogP contribution in [0.3, 0.4) is 0 Å². The van der Waals surface area contributed by atoms with Gasteiger partial charge in [0.2, 0.25) is 5.91 Å². The van der Waals surface area contributed by atoms with Crippen LogP contribution in [0.5, 0.6) is 0 Å². The summed E-state index contributed by atoms with van der Waals surface area (Å²) >= 11 is 0. The van der Waals surface area contributed by atoms with Crippen molar-refractivity contribution in [2.24, 2.45) is 0 Å². The molecule has 2 aromatic heterocycles. The summed E-state index contributed by atoms with van der Waals surface area (Å²) in [7, 11) is 0. The van der Waals surface area contributed by atoms with Crippen LogP contribution in [0.15, 0.2) is 47.1 Å². The smallest absolute Gasteiger partial charge is 0.286 e. The van der Waals surface area contributed by atoms with Gasteiger partial charge < -0.3 is 20.8 Å². The Balaban J connectivity index is 1.45. The molecule has 3 rings (SSSR count). The summed E-state index contributed by atoms with van der Waals surface area (Å²) in [4.78, 5) is 23.6. The molecule has 0 bridgehead atoms. The molecule has 2 amide bonds. The van der Waals surface area contributed by atoms with Crippen molar-refractivity contribution < 1.29 is 18.4 Å². The molecule has 0 saturated heterocycles. The van der Waals surface area contributed by atoms with Crippen molar-refractivity contribution in [2.75, 3.05) is 18.8 Å². The van der Waals surface area contributed by atoms with Crippen LogP contribution < -0.4 is 16.4 Å². The first kappa shape index (κ1) is 21.6. The van der Waals surface area contributed by atoms with Gasteiger partial charge in [0.25, 0.3) is 5.91 Å². The molecule has 0 atom stereocenters. The van der Waals surface area contributed by atoms with E-state index in [2.05, 4.69) is 15.7 Å². The molecule has 9 nitrogen and oxygen atoms in total. The number of nitrogen functional groups attached to an aromatic ring is 1. The first-order valence-electron chi connectivity index (χ1n) is 9.61. The number of nitrogens with two attached hydrogens (primary N) is 1. The Bertz CT molecular complexity index is 1080. The average Bonchev–Trinajstić information content (AvgIpc) is 3.40. The van der Waals surface area contributed by atoms with Gasteiger partial charge in [-0.25, -0.2) is 9.07 Å². The van der Waals surface area contributed by atoms with Crippen molar-refractivity contribution in [3.05, 3.63) is 65.5 Å². The molecule has 0 aliphatic rings. The highest BCUT2D eigenvalue weighted by Crippen LogP contribution is 2.21. The van der Waals surface area contributed by atoms with Gasteiger partial charge in [-0.15, -0.1) is 0 Å². The first-order chi connectivity index (χ1) is 15.0. The summed E-state index contributed by atoms with van der Waals surface area (Å²) in [6.45, 7) is 0.557. The number of hydrogen-bond acceptors (Lipinski definition) is 6. The zero-order valence-electron chi connectivity index (χ0n) is 16.6. The molecule has 0 saturated carbocycles. The van der Waals surface area contributed by atoms with Crippen molar-refractivity contribution >= 4 is 17.6 Å². The lowest BCUT2D eigenvalue weighted by atomic mass is 10.1. The molecule has 2 heterocycles. The third kappa shape index (κ3) is 5.48. The fourth-order valence-corrected chi connectivity index (χ4v) is 2.91. The maximum atomic E-state index is 13.1. The Labute approximate surface area is 177 Å². The van der Waals surface area contributed by atoms with E-state index in [0.29, 0.717) is 30.8 Å². The summed E-state index contributed by atoms with van der Waals surface area (Å²) < 4.78 is 19.5. The summed E-state index contributed by atoms with van der Waals surface area (Å²) in [5.74, 6) is -0.604. The zero-order chi connectivity index (χ0) is 22.2. The standard InChI is InChI=1S/C21H21FN6O3/c22-14-5-7-15(8-6-14)28-20(24)16(13-23)17(27-28)3-1-10-25-19(29)9-11-26-21(30)18-4-2-12-31-18/h2,4-8,12H,1,3,9-11,24H2,(H,25,29)(H,26,30). The van der Waals surface area contributed by atoms with Gasteiger partial charge in [0.1, 0.15) is 23.3 Å². The van der Waals surface area contributed by atoms with Crippen molar-refractivity contribution in [1.29, 1.82) is 5.26 Å². The number of hydrogen-bond donors (Lipinski definition) is 3. The molecule has 0 fully saturated rings. The molecular weight excluding hydrogens is 403 g/mol. The van der Waals surface area contributed by atoms with Gasteiger partial charge >= 0.3 is 0 Å². The monoisotopic (exact) mass is 424 g/mol. The molecule has 0 radical (unpaired) electrons. The summed E-state index contributed by atoms with van der Waals surface area (Å²) in [5, 5.41) is 19.1. The minimum absolute atomic E-state index is 0.127. The van der Waals surface area contributed by atoms with E-state index in [9.17, 15) is 19.2 Å². The van der Waals surface area contributed by atoms with Gasteiger partial charge in [-0.2, -0.15) is 10.4 Å². The van der Waals surface area contributed by atoms with Crippen LogP contribution >= 0.6 is 0 Å². The van der Waals surface area contributed by atoms with E-state index in [1.165, 1.54) is 41.3 Å². The van der Waals surface area contributed by atoms with E-state index in [1.54, 1.807) is 6.07 Å². The number of halogens is 1. The molecule has 31 heavy (non-hydrogen) atoms. The lowest BCUT2D eigenvalue weighted by Crippen LogP contribution is -2.31. The number of rotatable bonds is 9. The Morgan fingerprint density at radius 3 is 2.65 bits per heavy atom. The Morgan fingerprint density at radius 1 is 1.19 bits per heavy atom. The summed E-state index contributed by atoms with van der Waals surface area (Å²) in [6.07, 6.45) is 2.49. The number of furan rings is 1. The SMILES string of the molecule is N#Cc1c(CCCNC(=O)CCNC(=O)c2ccco2)nn(-c2ccc(F)cc2)c1N. The van der Waals surface area contributed by atoms with Crippen molar-refractivity contribution in [3.63, 3.8) is 0 Å². The van der Waals surface area contributed by atoms with E-state index in [4.69, 9.17) is 10.2 Å². The molecule has 1 aromatic carbocycles. The Hall–Kier alpha value is -4.13. The van der Waals surface area contributed by atoms with E-state index < -0.39 is 0 Å². The van der Waals surface area contributed by atoms with Crippen molar-refractivity contribution in [1.82, 2.24) is 20.4 Å². The average molecular weight is 424 g/mol. The van der Waals surface area contributed by atoms with E-state index in [1.807, 2.05) is 6.07 Å². The third-order valence-corrected chi connectivity index (χ3v) is 4.47. The third-order valence-electron chi connectivity index (χ3n) is 4.47. The van der Waals surface area contributed by atoms with Gasteiger partial charge in [-0.3, -0.25) is 9.59 Å². The Kier molecular flexibility index (Phi) is 7.01. The van der Waals surface area contributed by atoms with Gasteiger partial charge in [0.05, 0.1) is 17.6 Å². The number of nitriles is 1. The maximum Gasteiger partial charge on any atom is 0.286 e. The van der Waals surface area contributed by atoms with Crippen LogP contribution in [0.25, 0.3) is 5.69 Å². The fraction of sp³-hybridized carbons (Fsp3) is 0.238. The van der Waals surface area contributed by atoms with Crippen LogP contribution in [0, 0.1) is 17.1 Å². The predicted molar refractivity (Wildman–Crippen MR) is 110 cm³/mol. The van der Waals surface area contributed by atoms with Crippen LogP contribution in [-0.2, 0) is 11.2 Å². The largest absolute Gasteiger partial charge is 0.459 e. The molecular formula is C21H21FN6O3. The molecule has 3 aromatic rings. The highest BCUT2D eigenvalue weighted by Gasteiger charge is 2.16. The quantitative estimate of drug-likeness (QED) is 0.449. The number of benzene rings is 1. The fourth-order valence-electron chi connectivity index (χ4n) is 2.91. The molecule has 0 spiro atoms. The molecule has 10 heteroatoms. The number of anilines is 1. The lowest BCUT2D eigenvalue weighted by Gasteiger charge is -2.05. The van der Waals surface area contributed by atoms with Crippen molar-refractivity contribution in [3.8, 4) is 11.8 Å². The summed E-state index contributed by atoms with van der Waals surface area (Å²) in [6, 6.07) is 10.8. The highest BCUT2D eigenvalue weighted by atomic mass is 19.1. The van der Waals surface area contributed by atoms with Crippen LogP contribution in [-0.4, -0.2) is 34.7 Å². The second kappa shape index (κ2) is 10.1. The molecule has 160 valence electrons. The predicted octanol–water partition coefficient (Wildman–Crippen LogP) is 1.93. The number of aryl methyl sites for hydroxylation is 1. The van der Waals surface area contributed by atoms with Gasteiger partial charge in [-0.1, -0.05) is 0 Å². The maximum absolute atomic E-state index is 13.1. The topological polar surface area (TPSA) is 139 Å². The minimum atomic E-state index is -0.383. The van der Waals surface area contributed by atoms with Gasteiger partial charge in [0, 0.05) is 19.5 Å². The molecule has 0 aliphatic carbocycles. The number of carbonyl (C=O) groups is 2. The van der Waals surface area contributed by atoms with Crippen LogP contribution in [0.2, 0.25) is 0 Å². The second-order valence-electron chi connectivity index (χ2n) is 6.64.